The van der Waals surface area contributed by atoms with Crippen molar-refractivity contribution in [3.8, 4) is 5.75 Å². The summed E-state index contributed by atoms with van der Waals surface area (Å²) < 4.78 is 5.11. The van der Waals surface area contributed by atoms with Crippen LogP contribution in [0.5, 0.6) is 5.75 Å². The molecule has 3 heteroatoms. The maximum absolute atomic E-state index is 5.82. The van der Waals surface area contributed by atoms with Crippen LogP contribution in [0.1, 0.15) is 24.8 Å². The summed E-state index contributed by atoms with van der Waals surface area (Å²) in [5.74, 6) is 1.32. The molecule has 0 saturated carbocycles. The average Bonchev–Trinajstić information content (AvgIpc) is 2.29. The van der Waals surface area contributed by atoms with E-state index >= 15 is 0 Å². The fourth-order valence-corrected chi connectivity index (χ4v) is 1.62. The van der Waals surface area contributed by atoms with Crippen molar-refractivity contribution in [3.05, 3.63) is 29.8 Å². The summed E-state index contributed by atoms with van der Waals surface area (Å²) in [5, 5.41) is 0. The quantitative estimate of drug-likeness (QED) is 0.770. The van der Waals surface area contributed by atoms with Crippen LogP contribution in [0.3, 0.4) is 0 Å². The van der Waals surface area contributed by atoms with Gasteiger partial charge in [0.1, 0.15) is 5.75 Å². The van der Waals surface area contributed by atoms with E-state index in [1.807, 2.05) is 12.1 Å². The molecule has 3 nitrogen and oxygen atoms in total. The van der Waals surface area contributed by atoms with Crippen molar-refractivity contribution in [3.63, 3.8) is 0 Å². The van der Waals surface area contributed by atoms with Crippen molar-refractivity contribution >= 4 is 0 Å². The van der Waals surface area contributed by atoms with Gasteiger partial charge in [-0.2, -0.15) is 0 Å². The van der Waals surface area contributed by atoms with E-state index < -0.39 is 0 Å². The molecule has 0 aliphatic carbocycles. The summed E-state index contributed by atoms with van der Waals surface area (Å²) in [7, 11) is 1.67. The van der Waals surface area contributed by atoms with Crippen LogP contribution in [0.15, 0.2) is 24.3 Å². The topological polar surface area (TPSA) is 61.3 Å². The second-order valence-corrected chi connectivity index (χ2v) is 3.91. The average molecular weight is 208 g/mol. The van der Waals surface area contributed by atoms with E-state index in [0.29, 0.717) is 12.5 Å². The van der Waals surface area contributed by atoms with Crippen LogP contribution in [0.4, 0.5) is 0 Å². The highest BCUT2D eigenvalue weighted by Gasteiger charge is 2.09. The summed E-state index contributed by atoms with van der Waals surface area (Å²) in [5.41, 5.74) is 12.6. The number of hydrogen-bond acceptors (Lipinski definition) is 3. The molecule has 0 aliphatic heterocycles. The molecule has 0 bridgehead atoms. The highest BCUT2D eigenvalue weighted by molar-refractivity contribution is 5.29. The number of rotatable bonds is 5. The van der Waals surface area contributed by atoms with Gasteiger partial charge < -0.3 is 16.2 Å². The molecule has 4 N–H and O–H groups in total. The van der Waals surface area contributed by atoms with Gasteiger partial charge in [0.2, 0.25) is 0 Å². The Morgan fingerprint density at radius 1 is 1.27 bits per heavy atom. The summed E-state index contributed by atoms with van der Waals surface area (Å²) in [6.45, 7) is 2.71. The minimum Gasteiger partial charge on any atom is -0.497 e. The van der Waals surface area contributed by atoms with Crippen LogP contribution >= 0.6 is 0 Å². The van der Waals surface area contributed by atoms with Gasteiger partial charge in [-0.05, 0) is 30.0 Å². The van der Waals surface area contributed by atoms with Gasteiger partial charge in [-0.15, -0.1) is 0 Å². The third-order valence-electron chi connectivity index (χ3n) is 2.64. The van der Waals surface area contributed by atoms with E-state index in [2.05, 4.69) is 19.1 Å². The first-order valence-electron chi connectivity index (χ1n) is 5.27. The van der Waals surface area contributed by atoms with E-state index in [1.54, 1.807) is 7.11 Å². The Hall–Kier alpha value is -1.06. The van der Waals surface area contributed by atoms with Crippen LogP contribution in [0, 0.1) is 0 Å². The standard InChI is InChI=1S/C12H20N2O/c1-9(7-11(14)8-13)10-3-5-12(15-2)6-4-10/h3-6,9,11H,7-8,13-14H2,1-2H3. The first kappa shape index (κ1) is 12.0. The number of methoxy groups -OCH3 is 1. The maximum atomic E-state index is 5.82. The van der Waals surface area contributed by atoms with Gasteiger partial charge in [0, 0.05) is 12.6 Å². The predicted molar refractivity (Wildman–Crippen MR) is 63.1 cm³/mol. The lowest BCUT2D eigenvalue weighted by Gasteiger charge is -2.16. The Morgan fingerprint density at radius 2 is 1.87 bits per heavy atom. The first-order valence-corrected chi connectivity index (χ1v) is 5.27. The summed E-state index contributed by atoms with van der Waals surface area (Å²) in [6, 6.07) is 8.18. The zero-order valence-corrected chi connectivity index (χ0v) is 9.44. The van der Waals surface area contributed by atoms with Crippen molar-refractivity contribution in [1.29, 1.82) is 0 Å². The van der Waals surface area contributed by atoms with Gasteiger partial charge in [0.25, 0.3) is 0 Å². The van der Waals surface area contributed by atoms with E-state index in [4.69, 9.17) is 16.2 Å². The molecule has 0 radical (unpaired) electrons. The van der Waals surface area contributed by atoms with Crippen LogP contribution < -0.4 is 16.2 Å². The molecule has 15 heavy (non-hydrogen) atoms. The lowest BCUT2D eigenvalue weighted by Crippen LogP contribution is -2.30. The summed E-state index contributed by atoms with van der Waals surface area (Å²) in [4.78, 5) is 0. The van der Waals surface area contributed by atoms with Gasteiger partial charge in [-0.3, -0.25) is 0 Å². The molecule has 1 aromatic carbocycles. The van der Waals surface area contributed by atoms with E-state index in [1.165, 1.54) is 5.56 Å². The number of nitrogens with two attached hydrogens (primary N) is 2. The van der Waals surface area contributed by atoms with Crippen molar-refractivity contribution in [2.45, 2.75) is 25.3 Å². The highest BCUT2D eigenvalue weighted by Crippen LogP contribution is 2.22. The molecule has 0 aromatic heterocycles. The molecule has 2 unspecified atom stereocenters. The molecule has 0 aliphatic rings. The Kier molecular flexibility index (Phi) is 4.59. The number of benzene rings is 1. The molecule has 0 fully saturated rings. The second kappa shape index (κ2) is 5.73. The van der Waals surface area contributed by atoms with Crippen LogP contribution in [-0.4, -0.2) is 19.7 Å². The van der Waals surface area contributed by atoms with Gasteiger partial charge in [0.05, 0.1) is 7.11 Å². The van der Waals surface area contributed by atoms with Crippen molar-refractivity contribution in [2.75, 3.05) is 13.7 Å². The second-order valence-electron chi connectivity index (χ2n) is 3.91. The predicted octanol–water partition coefficient (Wildman–Crippen LogP) is 1.47. The zero-order chi connectivity index (χ0) is 11.3. The third-order valence-corrected chi connectivity index (χ3v) is 2.64. The van der Waals surface area contributed by atoms with Crippen LogP contribution in [0.2, 0.25) is 0 Å². The lowest BCUT2D eigenvalue weighted by atomic mass is 9.94. The Bertz CT molecular complexity index is 284. The maximum Gasteiger partial charge on any atom is 0.118 e. The molecule has 0 heterocycles. The largest absolute Gasteiger partial charge is 0.497 e. The van der Waals surface area contributed by atoms with Crippen LogP contribution in [0.25, 0.3) is 0 Å². The van der Waals surface area contributed by atoms with E-state index in [-0.39, 0.29) is 6.04 Å². The fourth-order valence-electron chi connectivity index (χ4n) is 1.62. The number of hydrogen-bond donors (Lipinski definition) is 2. The minimum atomic E-state index is 0.0853. The summed E-state index contributed by atoms with van der Waals surface area (Å²) in [6.07, 6.45) is 0.919. The third kappa shape index (κ3) is 3.53. The zero-order valence-electron chi connectivity index (χ0n) is 9.44. The van der Waals surface area contributed by atoms with Crippen molar-refractivity contribution < 1.29 is 4.74 Å². The Balaban J connectivity index is 2.61. The first-order chi connectivity index (χ1) is 7.17. The monoisotopic (exact) mass is 208 g/mol. The normalized spacial score (nSPS) is 14.7. The highest BCUT2D eigenvalue weighted by atomic mass is 16.5. The van der Waals surface area contributed by atoms with Gasteiger partial charge in [-0.25, -0.2) is 0 Å². The molecule has 0 saturated heterocycles. The van der Waals surface area contributed by atoms with Crippen LogP contribution in [-0.2, 0) is 0 Å². The number of ether oxygens (including phenoxy) is 1. The molecule has 1 rings (SSSR count). The SMILES string of the molecule is COc1ccc(C(C)CC(N)CN)cc1. The summed E-state index contributed by atoms with van der Waals surface area (Å²) >= 11 is 0. The van der Waals surface area contributed by atoms with Gasteiger partial charge >= 0.3 is 0 Å². The fraction of sp³-hybridized carbons (Fsp3) is 0.500. The molecule has 2 atom stereocenters. The molecule has 0 spiro atoms. The van der Waals surface area contributed by atoms with Gasteiger partial charge in [0.15, 0.2) is 0 Å². The minimum absolute atomic E-state index is 0.0853. The Labute approximate surface area is 91.4 Å². The molecule has 1 aromatic rings. The van der Waals surface area contributed by atoms with Crippen molar-refractivity contribution in [2.24, 2.45) is 11.5 Å². The van der Waals surface area contributed by atoms with E-state index in [0.717, 1.165) is 12.2 Å². The lowest BCUT2D eigenvalue weighted by molar-refractivity contribution is 0.414. The molecular weight excluding hydrogens is 188 g/mol. The molecule has 84 valence electrons. The smallest absolute Gasteiger partial charge is 0.118 e. The van der Waals surface area contributed by atoms with E-state index in [9.17, 15) is 0 Å². The molecule has 0 amide bonds. The van der Waals surface area contributed by atoms with Crippen molar-refractivity contribution in [1.82, 2.24) is 0 Å². The molecular formula is C12H20N2O. The Morgan fingerprint density at radius 3 is 2.33 bits per heavy atom. The van der Waals surface area contributed by atoms with Gasteiger partial charge in [-0.1, -0.05) is 19.1 Å².